The van der Waals surface area contributed by atoms with Crippen molar-refractivity contribution >= 4 is 11.7 Å². The van der Waals surface area contributed by atoms with Gasteiger partial charge in [-0.25, -0.2) is 4.79 Å². The lowest BCUT2D eigenvalue weighted by Gasteiger charge is -2.30. The molecule has 0 spiro atoms. The standard InChI is InChI=1S/C13H16F3N3O2/c14-13(15,16)21-11-3-1-10(2-4-11)18-12(20)19-7-5-9(17)6-8-19/h1-4,9H,5-8,17H2,(H,18,20). The first-order chi connectivity index (χ1) is 9.83. The minimum absolute atomic E-state index is 0.118. The number of urea groups is 1. The van der Waals surface area contributed by atoms with E-state index >= 15 is 0 Å². The molecule has 1 aromatic carbocycles. The number of rotatable bonds is 2. The lowest BCUT2D eigenvalue weighted by Crippen LogP contribution is -2.44. The number of nitrogens with zero attached hydrogens (tertiary/aromatic N) is 1. The zero-order chi connectivity index (χ0) is 15.5. The highest BCUT2D eigenvalue weighted by Gasteiger charge is 2.31. The minimum Gasteiger partial charge on any atom is -0.406 e. The van der Waals surface area contributed by atoms with E-state index in [9.17, 15) is 18.0 Å². The SMILES string of the molecule is NC1CCN(C(=O)Nc2ccc(OC(F)(F)F)cc2)CC1. The summed E-state index contributed by atoms with van der Waals surface area (Å²) in [4.78, 5) is 13.6. The van der Waals surface area contributed by atoms with Gasteiger partial charge in [-0.3, -0.25) is 0 Å². The number of likely N-dealkylation sites (tertiary alicyclic amines) is 1. The van der Waals surface area contributed by atoms with Crippen molar-refractivity contribution in [2.45, 2.75) is 25.2 Å². The van der Waals surface area contributed by atoms with Gasteiger partial charge in [0.1, 0.15) is 5.75 Å². The van der Waals surface area contributed by atoms with Gasteiger partial charge in [0, 0.05) is 24.8 Å². The van der Waals surface area contributed by atoms with E-state index in [0.29, 0.717) is 18.8 Å². The van der Waals surface area contributed by atoms with Crippen LogP contribution in [0.15, 0.2) is 24.3 Å². The highest BCUT2D eigenvalue weighted by atomic mass is 19.4. The first kappa shape index (κ1) is 15.4. The fourth-order valence-corrected chi connectivity index (χ4v) is 2.05. The Morgan fingerprint density at radius 1 is 1.24 bits per heavy atom. The van der Waals surface area contributed by atoms with Crippen LogP contribution < -0.4 is 15.8 Å². The van der Waals surface area contributed by atoms with Crippen LogP contribution in [0.25, 0.3) is 0 Å². The normalized spacial score (nSPS) is 16.7. The molecular formula is C13H16F3N3O2. The van der Waals surface area contributed by atoms with E-state index in [4.69, 9.17) is 5.73 Å². The number of amides is 2. The lowest BCUT2D eigenvalue weighted by atomic mass is 10.1. The molecule has 0 bridgehead atoms. The average molecular weight is 303 g/mol. The van der Waals surface area contributed by atoms with Gasteiger partial charge in [0.2, 0.25) is 0 Å². The number of hydrogen-bond acceptors (Lipinski definition) is 3. The van der Waals surface area contributed by atoms with Gasteiger partial charge < -0.3 is 20.7 Å². The van der Waals surface area contributed by atoms with Crippen molar-refractivity contribution in [2.24, 2.45) is 5.73 Å². The average Bonchev–Trinajstić information content (AvgIpc) is 2.40. The summed E-state index contributed by atoms with van der Waals surface area (Å²) in [6.07, 6.45) is -3.24. The molecule has 1 aliphatic rings. The second kappa shape index (κ2) is 6.21. The van der Waals surface area contributed by atoms with Crippen LogP contribution in [0.2, 0.25) is 0 Å². The fraction of sp³-hybridized carbons (Fsp3) is 0.462. The highest BCUT2D eigenvalue weighted by molar-refractivity contribution is 5.89. The van der Waals surface area contributed by atoms with Gasteiger partial charge in [-0.1, -0.05) is 0 Å². The smallest absolute Gasteiger partial charge is 0.406 e. The largest absolute Gasteiger partial charge is 0.573 e. The quantitative estimate of drug-likeness (QED) is 0.882. The number of carbonyl (C=O) groups excluding carboxylic acids is 1. The van der Waals surface area contributed by atoms with Gasteiger partial charge in [0.05, 0.1) is 0 Å². The van der Waals surface area contributed by atoms with Gasteiger partial charge in [0.25, 0.3) is 0 Å². The first-order valence-electron chi connectivity index (χ1n) is 6.51. The van der Waals surface area contributed by atoms with E-state index in [-0.39, 0.29) is 17.8 Å². The van der Waals surface area contributed by atoms with E-state index in [1.54, 1.807) is 4.90 Å². The van der Waals surface area contributed by atoms with Crippen molar-refractivity contribution in [2.75, 3.05) is 18.4 Å². The van der Waals surface area contributed by atoms with E-state index < -0.39 is 6.36 Å². The van der Waals surface area contributed by atoms with E-state index in [1.165, 1.54) is 12.1 Å². The molecule has 5 nitrogen and oxygen atoms in total. The number of ether oxygens (including phenoxy) is 1. The summed E-state index contributed by atoms with van der Waals surface area (Å²) >= 11 is 0. The second-order valence-electron chi connectivity index (χ2n) is 4.83. The van der Waals surface area contributed by atoms with Crippen molar-refractivity contribution in [1.82, 2.24) is 4.90 Å². The second-order valence-corrected chi connectivity index (χ2v) is 4.83. The molecule has 1 fully saturated rings. The van der Waals surface area contributed by atoms with Gasteiger partial charge in [-0.15, -0.1) is 13.2 Å². The van der Waals surface area contributed by atoms with Crippen LogP contribution in [0.4, 0.5) is 23.7 Å². The zero-order valence-corrected chi connectivity index (χ0v) is 11.2. The molecule has 0 saturated carbocycles. The Morgan fingerprint density at radius 3 is 2.33 bits per heavy atom. The molecule has 2 rings (SSSR count). The van der Waals surface area contributed by atoms with Gasteiger partial charge in [-0.2, -0.15) is 0 Å². The molecule has 1 heterocycles. The number of alkyl halides is 3. The Morgan fingerprint density at radius 2 is 1.81 bits per heavy atom. The number of benzene rings is 1. The van der Waals surface area contributed by atoms with Crippen LogP contribution in [0.1, 0.15) is 12.8 Å². The molecule has 0 aliphatic carbocycles. The summed E-state index contributed by atoms with van der Waals surface area (Å²) in [7, 11) is 0. The third-order valence-electron chi connectivity index (χ3n) is 3.17. The Hall–Kier alpha value is -1.96. The van der Waals surface area contributed by atoms with Crippen molar-refractivity contribution in [1.29, 1.82) is 0 Å². The molecule has 116 valence electrons. The molecule has 1 saturated heterocycles. The first-order valence-corrected chi connectivity index (χ1v) is 6.51. The maximum atomic E-state index is 12.0. The van der Waals surface area contributed by atoms with Crippen LogP contribution in [0.5, 0.6) is 5.75 Å². The molecule has 8 heteroatoms. The predicted octanol–water partition coefficient (Wildman–Crippen LogP) is 2.54. The molecule has 0 radical (unpaired) electrons. The molecule has 21 heavy (non-hydrogen) atoms. The Balaban J connectivity index is 1.89. The summed E-state index contributed by atoms with van der Waals surface area (Å²) in [5, 5.41) is 2.63. The molecule has 0 atom stereocenters. The van der Waals surface area contributed by atoms with Crippen LogP contribution in [-0.2, 0) is 0 Å². The molecule has 0 aromatic heterocycles. The highest BCUT2D eigenvalue weighted by Crippen LogP contribution is 2.24. The topological polar surface area (TPSA) is 67.6 Å². The van der Waals surface area contributed by atoms with Crippen LogP contribution >= 0.6 is 0 Å². The number of anilines is 1. The van der Waals surface area contributed by atoms with Crippen molar-refractivity contribution in [3.05, 3.63) is 24.3 Å². The van der Waals surface area contributed by atoms with Gasteiger partial charge in [0.15, 0.2) is 0 Å². The molecule has 2 amide bonds. The molecule has 1 aromatic rings. The van der Waals surface area contributed by atoms with Crippen LogP contribution in [0, 0.1) is 0 Å². The zero-order valence-electron chi connectivity index (χ0n) is 11.2. The summed E-state index contributed by atoms with van der Waals surface area (Å²) in [5.74, 6) is -0.329. The predicted molar refractivity (Wildman–Crippen MR) is 70.9 cm³/mol. The van der Waals surface area contributed by atoms with Crippen molar-refractivity contribution in [3.63, 3.8) is 0 Å². The van der Waals surface area contributed by atoms with Crippen LogP contribution in [0.3, 0.4) is 0 Å². The van der Waals surface area contributed by atoms with Crippen molar-refractivity contribution in [3.8, 4) is 5.75 Å². The molecular weight excluding hydrogens is 287 g/mol. The number of halogens is 3. The number of hydrogen-bond donors (Lipinski definition) is 2. The Bertz CT molecular complexity index is 482. The van der Waals surface area contributed by atoms with Gasteiger partial charge in [-0.05, 0) is 37.1 Å². The Labute approximate surface area is 119 Å². The third kappa shape index (κ3) is 4.82. The number of nitrogens with two attached hydrogens (primary N) is 1. The van der Waals surface area contributed by atoms with E-state index in [0.717, 1.165) is 25.0 Å². The van der Waals surface area contributed by atoms with Crippen molar-refractivity contribution < 1.29 is 22.7 Å². The maximum absolute atomic E-state index is 12.0. The lowest BCUT2D eigenvalue weighted by molar-refractivity contribution is -0.274. The van der Waals surface area contributed by atoms with Crippen LogP contribution in [-0.4, -0.2) is 36.4 Å². The number of carbonyl (C=O) groups is 1. The molecule has 1 aliphatic heterocycles. The monoisotopic (exact) mass is 303 g/mol. The number of nitrogens with one attached hydrogen (secondary N) is 1. The van der Waals surface area contributed by atoms with Gasteiger partial charge >= 0.3 is 12.4 Å². The van der Waals surface area contributed by atoms with E-state index in [2.05, 4.69) is 10.1 Å². The number of piperidine rings is 1. The molecule has 0 unspecified atom stereocenters. The summed E-state index contributed by atoms with van der Waals surface area (Å²) in [6, 6.07) is 4.84. The molecule has 3 N–H and O–H groups in total. The summed E-state index contributed by atoms with van der Waals surface area (Å²) in [5.41, 5.74) is 6.16. The fourth-order valence-electron chi connectivity index (χ4n) is 2.05. The van der Waals surface area contributed by atoms with E-state index in [1.807, 2.05) is 0 Å². The minimum atomic E-state index is -4.72. The Kier molecular flexibility index (Phi) is 4.56. The summed E-state index contributed by atoms with van der Waals surface area (Å²) in [6.45, 7) is 1.14. The maximum Gasteiger partial charge on any atom is 0.573 e. The third-order valence-corrected chi connectivity index (χ3v) is 3.17. The summed E-state index contributed by atoms with van der Waals surface area (Å²) < 4.78 is 39.8.